The van der Waals surface area contributed by atoms with Crippen molar-refractivity contribution in [3.05, 3.63) is 48.0 Å². The van der Waals surface area contributed by atoms with Crippen LogP contribution in [0.15, 0.2) is 42.5 Å². The summed E-state index contributed by atoms with van der Waals surface area (Å²) < 4.78 is 5.56. The van der Waals surface area contributed by atoms with E-state index in [0.29, 0.717) is 0 Å². The molecule has 0 aliphatic heterocycles. The van der Waals surface area contributed by atoms with Gasteiger partial charge in [-0.05, 0) is 35.7 Å². The third-order valence-corrected chi connectivity index (χ3v) is 3.48. The summed E-state index contributed by atoms with van der Waals surface area (Å²) >= 11 is 0. The van der Waals surface area contributed by atoms with Gasteiger partial charge in [0.25, 0.3) is 0 Å². The predicted molar refractivity (Wildman–Crippen MR) is 86.0 cm³/mol. The zero-order valence-corrected chi connectivity index (χ0v) is 12.4. The topological polar surface area (TPSA) is 21.3 Å². The molecule has 2 rings (SSSR count). The summed E-state index contributed by atoms with van der Waals surface area (Å²) in [6.07, 6.45) is 3.46. The Morgan fingerprint density at radius 2 is 1.75 bits per heavy atom. The van der Waals surface area contributed by atoms with Crippen molar-refractivity contribution in [2.24, 2.45) is 0 Å². The van der Waals surface area contributed by atoms with E-state index in [4.69, 9.17) is 4.74 Å². The smallest absolute Gasteiger partial charge is 0.0478 e. The Morgan fingerprint density at radius 1 is 0.950 bits per heavy atom. The van der Waals surface area contributed by atoms with E-state index in [2.05, 4.69) is 54.7 Å². The molecule has 0 aliphatic rings. The highest BCUT2D eigenvalue weighted by Crippen LogP contribution is 2.18. The normalized spacial score (nSPS) is 11.1. The lowest BCUT2D eigenvalue weighted by Gasteiger charge is -2.08. The minimum absolute atomic E-state index is 0.864. The van der Waals surface area contributed by atoms with Crippen molar-refractivity contribution in [1.29, 1.82) is 0 Å². The number of hydrogen-bond acceptors (Lipinski definition) is 2. The van der Waals surface area contributed by atoms with Crippen LogP contribution in [0, 0.1) is 0 Å². The van der Waals surface area contributed by atoms with Gasteiger partial charge in [-0.15, -0.1) is 0 Å². The molecule has 2 nitrogen and oxygen atoms in total. The third-order valence-electron chi connectivity index (χ3n) is 3.48. The minimum atomic E-state index is 0.864. The molecule has 0 radical (unpaired) electrons. The van der Waals surface area contributed by atoms with Crippen LogP contribution in [0.4, 0.5) is 0 Å². The Labute approximate surface area is 122 Å². The van der Waals surface area contributed by atoms with E-state index in [0.717, 1.165) is 32.7 Å². The Bertz CT molecular complexity index is 504. The van der Waals surface area contributed by atoms with Crippen LogP contribution in [0.25, 0.3) is 10.8 Å². The number of fused-ring (bicyclic) bond motifs is 1. The van der Waals surface area contributed by atoms with Crippen LogP contribution in [0.2, 0.25) is 0 Å². The highest BCUT2D eigenvalue weighted by atomic mass is 16.5. The van der Waals surface area contributed by atoms with Crippen LogP contribution in [0.1, 0.15) is 31.7 Å². The van der Waals surface area contributed by atoms with Crippen molar-refractivity contribution in [3.63, 3.8) is 0 Å². The van der Waals surface area contributed by atoms with E-state index >= 15 is 0 Å². The summed E-state index contributed by atoms with van der Waals surface area (Å²) in [7, 11) is 0. The maximum Gasteiger partial charge on any atom is 0.0478 e. The molecule has 0 fully saturated rings. The number of ether oxygens (including phenoxy) is 1. The molecule has 1 N–H and O–H groups in total. The van der Waals surface area contributed by atoms with Crippen molar-refractivity contribution in [2.45, 2.75) is 32.7 Å². The first-order valence-corrected chi connectivity index (χ1v) is 7.67. The van der Waals surface area contributed by atoms with Crippen molar-refractivity contribution < 1.29 is 4.74 Å². The number of benzene rings is 2. The van der Waals surface area contributed by atoms with E-state index in [1.165, 1.54) is 29.2 Å². The molecule has 0 unspecified atom stereocenters. The molecule has 0 saturated heterocycles. The number of unbranched alkanes of at least 4 members (excludes halogenated alkanes) is 1. The fourth-order valence-corrected chi connectivity index (χ4v) is 2.32. The quantitative estimate of drug-likeness (QED) is 0.692. The molecule has 0 atom stereocenters. The van der Waals surface area contributed by atoms with E-state index < -0.39 is 0 Å². The van der Waals surface area contributed by atoms with Gasteiger partial charge in [-0.2, -0.15) is 0 Å². The molecule has 0 amide bonds. The molecule has 0 aliphatic carbocycles. The number of rotatable bonds is 9. The lowest BCUT2D eigenvalue weighted by atomic mass is 10.0. The van der Waals surface area contributed by atoms with Gasteiger partial charge in [0.2, 0.25) is 0 Å². The second-order valence-corrected chi connectivity index (χ2v) is 5.13. The Balaban J connectivity index is 1.71. The Hall–Kier alpha value is -1.38. The van der Waals surface area contributed by atoms with Crippen LogP contribution >= 0.6 is 0 Å². The average Bonchev–Trinajstić information content (AvgIpc) is 2.50. The molecule has 0 bridgehead atoms. The Morgan fingerprint density at radius 3 is 2.65 bits per heavy atom. The lowest BCUT2D eigenvalue weighted by molar-refractivity contribution is 0.129. The van der Waals surface area contributed by atoms with Crippen LogP contribution in [-0.2, 0) is 11.3 Å². The van der Waals surface area contributed by atoms with E-state index in [-0.39, 0.29) is 0 Å². The first-order chi connectivity index (χ1) is 9.92. The number of nitrogens with one attached hydrogen (secondary N) is 1. The third kappa shape index (κ3) is 4.62. The van der Waals surface area contributed by atoms with E-state index in [1.807, 2.05) is 0 Å². The van der Waals surface area contributed by atoms with Gasteiger partial charge >= 0.3 is 0 Å². The van der Waals surface area contributed by atoms with Crippen molar-refractivity contribution in [1.82, 2.24) is 5.32 Å². The Kier molecular flexibility index (Phi) is 6.55. The molecule has 2 aromatic rings. The van der Waals surface area contributed by atoms with Gasteiger partial charge in [0.05, 0.1) is 0 Å². The van der Waals surface area contributed by atoms with Gasteiger partial charge in [0.1, 0.15) is 0 Å². The SMILES string of the molecule is CCCCOCCCNCc1cccc2ccccc12. The van der Waals surface area contributed by atoms with Gasteiger partial charge < -0.3 is 10.1 Å². The summed E-state index contributed by atoms with van der Waals surface area (Å²) in [5.74, 6) is 0. The van der Waals surface area contributed by atoms with Crippen LogP contribution in [0.3, 0.4) is 0 Å². The minimum Gasteiger partial charge on any atom is -0.381 e. The van der Waals surface area contributed by atoms with Gasteiger partial charge in [-0.1, -0.05) is 55.8 Å². The van der Waals surface area contributed by atoms with E-state index in [1.54, 1.807) is 0 Å². The molecule has 2 aromatic carbocycles. The monoisotopic (exact) mass is 271 g/mol. The molecule has 20 heavy (non-hydrogen) atoms. The van der Waals surface area contributed by atoms with Crippen molar-refractivity contribution in [2.75, 3.05) is 19.8 Å². The van der Waals surface area contributed by atoms with Gasteiger partial charge in [0.15, 0.2) is 0 Å². The second kappa shape index (κ2) is 8.72. The van der Waals surface area contributed by atoms with Gasteiger partial charge in [0, 0.05) is 19.8 Å². The fourth-order valence-electron chi connectivity index (χ4n) is 2.32. The number of hydrogen-bond donors (Lipinski definition) is 1. The molecule has 0 saturated carbocycles. The van der Waals surface area contributed by atoms with Crippen molar-refractivity contribution in [3.8, 4) is 0 Å². The summed E-state index contributed by atoms with van der Waals surface area (Å²) in [4.78, 5) is 0. The molecule has 0 heterocycles. The lowest BCUT2D eigenvalue weighted by Crippen LogP contribution is -2.16. The summed E-state index contributed by atoms with van der Waals surface area (Å²) in [5, 5.41) is 6.17. The predicted octanol–water partition coefficient (Wildman–Crippen LogP) is 4.14. The molecule has 0 spiro atoms. The van der Waals surface area contributed by atoms with Gasteiger partial charge in [-0.25, -0.2) is 0 Å². The molecule has 2 heteroatoms. The first-order valence-electron chi connectivity index (χ1n) is 7.67. The zero-order valence-electron chi connectivity index (χ0n) is 12.4. The van der Waals surface area contributed by atoms with Gasteiger partial charge in [-0.3, -0.25) is 0 Å². The molecule has 108 valence electrons. The standard InChI is InChI=1S/C18H25NO/c1-2-3-13-20-14-7-12-19-15-17-10-6-9-16-8-4-5-11-18(16)17/h4-6,8-11,19H,2-3,7,12-15H2,1H3. The van der Waals surface area contributed by atoms with Crippen LogP contribution in [-0.4, -0.2) is 19.8 Å². The maximum absolute atomic E-state index is 5.56. The average molecular weight is 271 g/mol. The van der Waals surface area contributed by atoms with Crippen LogP contribution in [0.5, 0.6) is 0 Å². The zero-order chi connectivity index (χ0) is 14.0. The van der Waals surface area contributed by atoms with Crippen LogP contribution < -0.4 is 5.32 Å². The summed E-state index contributed by atoms with van der Waals surface area (Å²) in [5.41, 5.74) is 1.37. The van der Waals surface area contributed by atoms with Crippen molar-refractivity contribution >= 4 is 10.8 Å². The summed E-state index contributed by atoms with van der Waals surface area (Å²) in [6.45, 7) is 5.89. The molecular weight excluding hydrogens is 246 g/mol. The summed E-state index contributed by atoms with van der Waals surface area (Å²) in [6, 6.07) is 15.1. The second-order valence-electron chi connectivity index (χ2n) is 5.13. The first kappa shape index (κ1) is 15.0. The fraction of sp³-hybridized carbons (Fsp3) is 0.444. The largest absolute Gasteiger partial charge is 0.381 e. The molecular formula is C18H25NO. The van der Waals surface area contributed by atoms with E-state index in [9.17, 15) is 0 Å². The highest BCUT2D eigenvalue weighted by molar-refractivity contribution is 5.85. The maximum atomic E-state index is 5.56. The highest BCUT2D eigenvalue weighted by Gasteiger charge is 1.99. The molecule has 0 aromatic heterocycles.